The van der Waals surface area contributed by atoms with Gasteiger partial charge < -0.3 is 15.4 Å². The Bertz CT molecular complexity index is 741. The minimum atomic E-state index is -0.688. The van der Waals surface area contributed by atoms with Crippen LogP contribution >= 0.6 is 12.4 Å². The molecule has 2 aromatic rings. The SMILES string of the molecule is CCCNCCNC(=O)c1ccc(-c2ccc(OC)cc2F)cc1F.Cl. The van der Waals surface area contributed by atoms with Gasteiger partial charge in [-0.15, -0.1) is 12.4 Å². The highest BCUT2D eigenvalue weighted by atomic mass is 35.5. The molecule has 0 spiro atoms. The number of ether oxygens (including phenoxy) is 1. The van der Waals surface area contributed by atoms with E-state index in [1.54, 1.807) is 6.07 Å². The molecule has 0 unspecified atom stereocenters. The zero-order valence-electron chi connectivity index (χ0n) is 14.8. The molecule has 0 aliphatic rings. The third-order valence-corrected chi connectivity index (χ3v) is 3.72. The van der Waals surface area contributed by atoms with Crippen molar-refractivity contribution >= 4 is 18.3 Å². The first-order valence-corrected chi connectivity index (χ1v) is 8.19. The second-order valence-electron chi connectivity index (χ2n) is 5.55. The molecule has 0 aromatic heterocycles. The number of methoxy groups -OCH3 is 1. The number of rotatable bonds is 8. The van der Waals surface area contributed by atoms with Crippen LogP contribution in [0.5, 0.6) is 5.75 Å². The molecule has 2 aromatic carbocycles. The molecule has 0 saturated carbocycles. The lowest BCUT2D eigenvalue weighted by atomic mass is 10.0. The van der Waals surface area contributed by atoms with Gasteiger partial charge in [0.25, 0.3) is 5.91 Å². The molecular weight excluding hydrogens is 362 g/mol. The Kier molecular flexibility index (Phi) is 9.02. The van der Waals surface area contributed by atoms with E-state index in [9.17, 15) is 13.6 Å². The third kappa shape index (κ3) is 5.68. The molecule has 1 amide bonds. The normalized spacial score (nSPS) is 10.2. The van der Waals surface area contributed by atoms with Crippen LogP contribution in [0.25, 0.3) is 11.1 Å². The Morgan fingerprint density at radius 1 is 1.04 bits per heavy atom. The van der Waals surface area contributed by atoms with Crippen molar-refractivity contribution in [3.05, 3.63) is 53.6 Å². The van der Waals surface area contributed by atoms with Crippen LogP contribution < -0.4 is 15.4 Å². The van der Waals surface area contributed by atoms with Crippen LogP contribution in [-0.4, -0.2) is 32.7 Å². The summed E-state index contributed by atoms with van der Waals surface area (Å²) in [6.45, 7) is 3.95. The number of amides is 1. The first-order chi connectivity index (χ1) is 12.1. The lowest BCUT2D eigenvalue weighted by Gasteiger charge is -2.09. The summed E-state index contributed by atoms with van der Waals surface area (Å²) in [6.07, 6.45) is 1.01. The van der Waals surface area contributed by atoms with Crippen molar-refractivity contribution in [2.24, 2.45) is 0 Å². The van der Waals surface area contributed by atoms with Crippen LogP contribution in [-0.2, 0) is 0 Å². The predicted octanol–water partition coefficient (Wildman–Crippen LogP) is 3.79. The average molecular weight is 385 g/mol. The summed E-state index contributed by atoms with van der Waals surface area (Å²) in [7, 11) is 1.44. The monoisotopic (exact) mass is 384 g/mol. The van der Waals surface area contributed by atoms with Gasteiger partial charge in [0, 0.05) is 24.7 Å². The number of hydrogen-bond acceptors (Lipinski definition) is 3. The lowest BCUT2D eigenvalue weighted by molar-refractivity contribution is 0.0950. The van der Waals surface area contributed by atoms with Crippen molar-refractivity contribution in [3.63, 3.8) is 0 Å². The second-order valence-corrected chi connectivity index (χ2v) is 5.55. The van der Waals surface area contributed by atoms with E-state index in [-0.39, 0.29) is 23.5 Å². The molecule has 0 heterocycles. The summed E-state index contributed by atoms with van der Waals surface area (Å²) >= 11 is 0. The molecule has 0 saturated heterocycles. The molecule has 0 aliphatic carbocycles. The Hall–Kier alpha value is -2.18. The van der Waals surface area contributed by atoms with E-state index in [1.165, 1.54) is 31.4 Å². The lowest BCUT2D eigenvalue weighted by Crippen LogP contribution is -2.32. The van der Waals surface area contributed by atoms with Crippen molar-refractivity contribution < 1.29 is 18.3 Å². The molecule has 0 bridgehead atoms. The molecule has 2 N–H and O–H groups in total. The first kappa shape index (κ1) is 21.9. The first-order valence-electron chi connectivity index (χ1n) is 8.19. The van der Waals surface area contributed by atoms with Gasteiger partial charge in [-0.1, -0.05) is 13.0 Å². The highest BCUT2D eigenvalue weighted by Crippen LogP contribution is 2.27. The number of halogens is 3. The molecule has 2 rings (SSSR count). The Labute approximate surface area is 158 Å². The quantitative estimate of drug-likeness (QED) is 0.681. The highest BCUT2D eigenvalue weighted by Gasteiger charge is 2.14. The number of carbonyl (C=O) groups excluding carboxylic acids is 1. The average Bonchev–Trinajstić information content (AvgIpc) is 2.61. The maximum atomic E-state index is 14.3. The van der Waals surface area contributed by atoms with Crippen LogP contribution in [0.1, 0.15) is 23.7 Å². The number of benzene rings is 2. The largest absolute Gasteiger partial charge is 0.497 e. The van der Waals surface area contributed by atoms with Gasteiger partial charge in [0.1, 0.15) is 17.4 Å². The minimum Gasteiger partial charge on any atom is -0.497 e. The summed E-state index contributed by atoms with van der Waals surface area (Å²) in [4.78, 5) is 12.0. The number of carbonyl (C=O) groups is 1. The molecule has 0 radical (unpaired) electrons. The molecular formula is C19H23ClF2N2O2. The fraction of sp³-hybridized carbons (Fsp3) is 0.316. The van der Waals surface area contributed by atoms with E-state index in [0.717, 1.165) is 19.0 Å². The predicted molar refractivity (Wildman–Crippen MR) is 101 cm³/mol. The van der Waals surface area contributed by atoms with Crippen LogP contribution in [0.4, 0.5) is 8.78 Å². The zero-order valence-corrected chi connectivity index (χ0v) is 15.6. The topological polar surface area (TPSA) is 50.4 Å². The van der Waals surface area contributed by atoms with Crippen molar-refractivity contribution in [1.82, 2.24) is 10.6 Å². The van der Waals surface area contributed by atoms with Gasteiger partial charge in [0.2, 0.25) is 0 Å². The minimum absolute atomic E-state index is 0. The molecule has 7 heteroatoms. The van der Waals surface area contributed by atoms with E-state index in [4.69, 9.17) is 4.74 Å². The summed E-state index contributed by atoms with van der Waals surface area (Å²) in [6, 6.07) is 8.40. The molecule has 0 fully saturated rings. The van der Waals surface area contributed by atoms with E-state index in [0.29, 0.717) is 24.4 Å². The van der Waals surface area contributed by atoms with E-state index >= 15 is 0 Å². The molecule has 26 heavy (non-hydrogen) atoms. The van der Waals surface area contributed by atoms with Gasteiger partial charge >= 0.3 is 0 Å². The standard InChI is InChI=1S/C19H22F2N2O2.ClH/c1-3-8-22-9-10-23-19(24)16-6-4-13(11-17(16)20)15-7-5-14(25-2)12-18(15)21;/h4-7,11-12,22H,3,8-10H2,1-2H3,(H,23,24);1H. The second kappa shape index (κ2) is 10.7. The molecule has 0 aliphatic heterocycles. The van der Waals surface area contributed by atoms with E-state index in [1.807, 2.05) is 6.92 Å². The van der Waals surface area contributed by atoms with Gasteiger partial charge in [-0.2, -0.15) is 0 Å². The van der Waals surface area contributed by atoms with Crippen LogP contribution in [0.3, 0.4) is 0 Å². The van der Waals surface area contributed by atoms with E-state index in [2.05, 4.69) is 10.6 Å². The Morgan fingerprint density at radius 3 is 2.42 bits per heavy atom. The van der Waals surface area contributed by atoms with Crippen LogP contribution in [0, 0.1) is 11.6 Å². The summed E-state index contributed by atoms with van der Waals surface area (Å²) in [5.41, 5.74) is 0.544. The summed E-state index contributed by atoms with van der Waals surface area (Å²) < 4.78 is 33.3. The maximum Gasteiger partial charge on any atom is 0.254 e. The molecule has 4 nitrogen and oxygen atoms in total. The van der Waals surface area contributed by atoms with Crippen molar-refractivity contribution in [1.29, 1.82) is 0 Å². The number of nitrogens with one attached hydrogen (secondary N) is 2. The fourth-order valence-corrected chi connectivity index (χ4v) is 2.39. The van der Waals surface area contributed by atoms with Crippen molar-refractivity contribution in [2.45, 2.75) is 13.3 Å². The Balaban J connectivity index is 0.00000338. The summed E-state index contributed by atoms with van der Waals surface area (Å²) in [5.74, 6) is -1.31. The van der Waals surface area contributed by atoms with Gasteiger partial charge in [0.15, 0.2) is 0 Å². The van der Waals surface area contributed by atoms with Gasteiger partial charge in [0.05, 0.1) is 12.7 Å². The van der Waals surface area contributed by atoms with E-state index < -0.39 is 17.5 Å². The van der Waals surface area contributed by atoms with Gasteiger partial charge in [-0.3, -0.25) is 4.79 Å². The highest BCUT2D eigenvalue weighted by molar-refractivity contribution is 5.95. The zero-order chi connectivity index (χ0) is 18.2. The van der Waals surface area contributed by atoms with Crippen molar-refractivity contribution in [3.8, 4) is 16.9 Å². The smallest absolute Gasteiger partial charge is 0.254 e. The Morgan fingerprint density at radius 2 is 1.81 bits per heavy atom. The maximum absolute atomic E-state index is 14.3. The van der Waals surface area contributed by atoms with Crippen LogP contribution in [0.15, 0.2) is 36.4 Å². The van der Waals surface area contributed by atoms with Gasteiger partial charge in [-0.25, -0.2) is 8.78 Å². The fourth-order valence-electron chi connectivity index (χ4n) is 2.39. The van der Waals surface area contributed by atoms with Crippen molar-refractivity contribution in [2.75, 3.05) is 26.7 Å². The summed E-state index contributed by atoms with van der Waals surface area (Å²) in [5, 5.41) is 5.79. The molecule has 142 valence electrons. The van der Waals surface area contributed by atoms with Crippen LogP contribution in [0.2, 0.25) is 0 Å². The molecule has 0 atom stereocenters. The number of hydrogen-bond donors (Lipinski definition) is 2. The third-order valence-electron chi connectivity index (χ3n) is 3.72. The van der Waals surface area contributed by atoms with Gasteiger partial charge in [-0.05, 0) is 42.8 Å².